The third-order valence-electron chi connectivity index (χ3n) is 2.26. The summed E-state index contributed by atoms with van der Waals surface area (Å²) in [6.45, 7) is 4.21. The molecule has 0 amide bonds. The average molecular weight is 243 g/mol. The number of rotatable bonds is 2. The first-order valence-corrected chi connectivity index (χ1v) is 6.03. The van der Waals surface area contributed by atoms with E-state index in [1.807, 2.05) is 12.3 Å². The van der Waals surface area contributed by atoms with E-state index in [2.05, 4.69) is 9.88 Å². The molecule has 0 aliphatic carbocycles. The highest BCUT2D eigenvalue weighted by Crippen LogP contribution is 2.22. The predicted molar refractivity (Wildman–Crippen MR) is 65.6 cm³/mol. The van der Waals surface area contributed by atoms with Gasteiger partial charge in [0.2, 0.25) is 0 Å². The Labute approximate surface area is 98.0 Å². The topological polar surface area (TPSA) is 51.4 Å². The van der Waals surface area contributed by atoms with Crippen LogP contribution in [0.5, 0.6) is 0 Å². The summed E-state index contributed by atoms with van der Waals surface area (Å²) in [6.07, 6.45) is -0.141. The molecule has 2 heterocycles. The molecule has 1 atom stereocenters. The van der Waals surface area contributed by atoms with Gasteiger partial charge in [0.1, 0.15) is 11.1 Å². The number of morpholine rings is 1. The monoisotopic (exact) mass is 243 g/mol. The number of hydrogen-bond acceptors (Lipinski definition) is 5. The molecule has 0 aromatic carbocycles. The summed E-state index contributed by atoms with van der Waals surface area (Å²) in [5.74, 6) is 0. The molecule has 0 bridgehead atoms. The highest BCUT2D eigenvalue weighted by atomic mass is 32.1. The number of hydrogen-bond donors (Lipinski definition) is 1. The Balaban J connectivity index is 2.07. The average Bonchev–Trinajstić information content (AvgIpc) is 2.65. The van der Waals surface area contributed by atoms with Crippen molar-refractivity contribution in [1.29, 1.82) is 0 Å². The maximum absolute atomic E-state index is 5.58. The molecule has 6 heteroatoms. The fourth-order valence-corrected chi connectivity index (χ4v) is 2.46. The maximum atomic E-state index is 5.58. The summed E-state index contributed by atoms with van der Waals surface area (Å²) in [6, 6.07) is 0. The van der Waals surface area contributed by atoms with Crippen LogP contribution in [0.2, 0.25) is 0 Å². The quantitative estimate of drug-likeness (QED) is 0.784. The van der Waals surface area contributed by atoms with Crippen LogP contribution >= 0.6 is 23.6 Å². The minimum absolute atomic E-state index is 0.141. The second-order valence-corrected chi connectivity index (χ2v) is 4.79. The van der Waals surface area contributed by atoms with Crippen LogP contribution in [0.4, 0.5) is 5.13 Å². The lowest BCUT2D eigenvalue weighted by molar-refractivity contribution is 0.0847. The van der Waals surface area contributed by atoms with Crippen molar-refractivity contribution >= 4 is 33.7 Å². The van der Waals surface area contributed by atoms with Crippen LogP contribution in [0, 0.1) is 6.92 Å². The van der Waals surface area contributed by atoms with Gasteiger partial charge in [-0.3, -0.25) is 0 Å². The van der Waals surface area contributed by atoms with Crippen LogP contribution in [0.15, 0.2) is 5.38 Å². The third kappa shape index (κ3) is 2.45. The van der Waals surface area contributed by atoms with E-state index in [1.165, 1.54) is 0 Å². The molecule has 1 aliphatic heterocycles. The molecule has 1 aromatic rings. The number of thiazole rings is 1. The molecule has 2 rings (SSSR count). The van der Waals surface area contributed by atoms with Crippen LogP contribution in [0.3, 0.4) is 0 Å². The van der Waals surface area contributed by atoms with Crippen molar-refractivity contribution in [2.45, 2.75) is 13.0 Å². The highest BCUT2D eigenvalue weighted by molar-refractivity contribution is 7.80. The first kappa shape index (κ1) is 10.8. The molecule has 2 N–H and O–H groups in total. The number of anilines is 1. The van der Waals surface area contributed by atoms with E-state index in [4.69, 9.17) is 22.7 Å². The van der Waals surface area contributed by atoms with Gasteiger partial charge in [-0.25, -0.2) is 4.98 Å². The predicted octanol–water partition coefficient (Wildman–Crippen LogP) is 0.943. The first-order chi connectivity index (χ1) is 7.16. The minimum Gasteiger partial charge on any atom is -0.391 e. The Morgan fingerprint density at radius 1 is 1.80 bits per heavy atom. The zero-order valence-electron chi connectivity index (χ0n) is 8.47. The summed E-state index contributed by atoms with van der Waals surface area (Å²) in [5.41, 5.74) is 6.62. The summed E-state index contributed by atoms with van der Waals surface area (Å²) in [5, 5.41) is 3.07. The van der Waals surface area contributed by atoms with E-state index in [0.29, 0.717) is 18.1 Å². The Morgan fingerprint density at radius 3 is 3.20 bits per heavy atom. The summed E-state index contributed by atoms with van der Waals surface area (Å²) in [4.78, 5) is 7.03. The number of aromatic nitrogens is 1. The Kier molecular flexibility index (Phi) is 3.18. The Morgan fingerprint density at radius 2 is 2.60 bits per heavy atom. The molecule has 82 valence electrons. The molecule has 15 heavy (non-hydrogen) atoms. The third-order valence-corrected chi connectivity index (χ3v) is 3.54. The van der Waals surface area contributed by atoms with Crippen LogP contribution in [0.1, 0.15) is 5.69 Å². The van der Waals surface area contributed by atoms with E-state index >= 15 is 0 Å². The van der Waals surface area contributed by atoms with Crippen molar-refractivity contribution in [2.75, 3.05) is 24.6 Å². The molecule has 0 saturated carbocycles. The number of aryl methyl sites for hydroxylation is 1. The fraction of sp³-hybridized carbons (Fsp3) is 0.556. The van der Waals surface area contributed by atoms with Crippen molar-refractivity contribution in [3.05, 3.63) is 11.1 Å². The van der Waals surface area contributed by atoms with E-state index in [1.54, 1.807) is 11.3 Å². The van der Waals surface area contributed by atoms with Gasteiger partial charge in [-0.05, 0) is 6.92 Å². The smallest absolute Gasteiger partial charge is 0.185 e. The molecular formula is C9H13N3OS2. The maximum Gasteiger partial charge on any atom is 0.185 e. The molecule has 1 aromatic heterocycles. The SMILES string of the molecule is Cc1csc(N2CCOC(C(N)=S)C2)n1. The van der Waals surface area contributed by atoms with E-state index in [9.17, 15) is 0 Å². The van der Waals surface area contributed by atoms with Crippen molar-refractivity contribution in [2.24, 2.45) is 5.73 Å². The largest absolute Gasteiger partial charge is 0.391 e. The zero-order chi connectivity index (χ0) is 10.8. The molecule has 1 aliphatic rings. The lowest BCUT2D eigenvalue weighted by atomic mass is 10.3. The zero-order valence-corrected chi connectivity index (χ0v) is 10.1. The van der Waals surface area contributed by atoms with E-state index in [0.717, 1.165) is 17.4 Å². The van der Waals surface area contributed by atoms with E-state index in [-0.39, 0.29) is 6.10 Å². The van der Waals surface area contributed by atoms with Gasteiger partial charge in [0.15, 0.2) is 5.13 Å². The van der Waals surface area contributed by atoms with Gasteiger partial charge in [-0.1, -0.05) is 12.2 Å². The summed E-state index contributed by atoms with van der Waals surface area (Å²) >= 11 is 6.58. The second kappa shape index (κ2) is 4.42. The molecule has 0 spiro atoms. The molecular weight excluding hydrogens is 230 g/mol. The van der Waals surface area contributed by atoms with Crippen LogP contribution in [-0.2, 0) is 4.74 Å². The highest BCUT2D eigenvalue weighted by Gasteiger charge is 2.23. The molecule has 1 unspecified atom stereocenters. The number of nitrogens with zero attached hydrogens (tertiary/aromatic N) is 2. The lowest BCUT2D eigenvalue weighted by Gasteiger charge is -2.32. The standard InChI is InChI=1S/C9H13N3OS2/c1-6-5-15-9(11-6)12-2-3-13-7(4-12)8(10)14/h5,7H,2-4H2,1H3,(H2,10,14). The molecule has 4 nitrogen and oxygen atoms in total. The fourth-order valence-electron chi connectivity index (χ4n) is 1.48. The van der Waals surface area contributed by atoms with Gasteiger partial charge in [0, 0.05) is 11.9 Å². The van der Waals surface area contributed by atoms with Gasteiger partial charge in [0.25, 0.3) is 0 Å². The van der Waals surface area contributed by atoms with Crippen molar-refractivity contribution in [3.8, 4) is 0 Å². The lowest BCUT2D eigenvalue weighted by Crippen LogP contribution is -2.47. The number of thiocarbonyl (C=S) groups is 1. The van der Waals surface area contributed by atoms with E-state index < -0.39 is 0 Å². The van der Waals surface area contributed by atoms with Crippen molar-refractivity contribution in [3.63, 3.8) is 0 Å². The number of ether oxygens (including phenoxy) is 1. The normalized spacial score (nSPS) is 21.7. The van der Waals surface area contributed by atoms with Crippen molar-refractivity contribution in [1.82, 2.24) is 4.98 Å². The Hall–Kier alpha value is -0.720. The minimum atomic E-state index is -0.141. The van der Waals surface area contributed by atoms with Crippen LogP contribution in [-0.4, -0.2) is 35.8 Å². The summed E-state index contributed by atoms with van der Waals surface area (Å²) < 4.78 is 5.47. The number of nitrogens with two attached hydrogens (primary N) is 1. The van der Waals surface area contributed by atoms with Gasteiger partial charge in [-0.15, -0.1) is 11.3 Å². The Bertz CT molecular complexity index is 366. The van der Waals surface area contributed by atoms with Gasteiger partial charge in [0.05, 0.1) is 18.8 Å². The molecule has 1 saturated heterocycles. The summed E-state index contributed by atoms with van der Waals surface area (Å²) in [7, 11) is 0. The van der Waals surface area contributed by atoms with Gasteiger partial charge in [-0.2, -0.15) is 0 Å². The van der Waals surface area contributed by atoms with Gasteiger partial charge < -0.3 is 15.4 Å². The van der Waals surface area contributed by atoms with Crippen molar-refractivity contribution < 1.29 is 4.74 Å². The van der Waals surface area contributed by atoms with Crippen LogP contribution < -0.4 is 10.6 Å². The second-order valence-electron chi connectivity index (χ2n) is 3.48. The van der Waals surface area contributed by atoms with Gasteiger partial charge >= 0.3 is 0 Å². The molecule has 0 radical (unpaired) electrons. The van der Waals surface area contributed by atoms with Crippen LogP contribution in [0.25, 0.3) is 0 Å². The molecule has 1 fully saturated rings. The first-order valence-electron chi connectivity index (χ1n) is 4.75.